The van der Waals surface area contributed by atoms with Crippen molar-refractivity contribution in [3.8, 4) is 17.4 Å². The Kier molecular flexibility index (Phi) is 3.89. The monoisotopic (exact) mass is 335 g/mol. The molecular weight excluding hydrogens is 318 g/mol. The summed E-state index contributed by atoms with van der Waals surface area (Å²) in [7, 11) is 0. The Hall–Kier alpha value is -3.22. The van der Waals surface area contributed by atoms with E-state index in [0.717, 1.165) is 18.5 Å². The number of imidazole rings is 1. The van der Waals surface area contributed by atoms with Gasteiger partial charge in [0.15, 0.2) is 0 Å². The fraction of sp³-hybridized carbons (Fsp3) is 0.222. The number of nitrogens with one attached hydrogen (secondary N) is 1. The van der Waals surface area contributed by atoms with Crippen LogP contribution in [-0.2, 0) is 4.79 Å². The number of benzene rings is 1. The zero-order chi connectivity index (χ0) is 17.2. The Bertz CT molecular complexity index is 886. The molecule has 1 fully saturated rings. The second-order valence-electron chi connectivity index (χ2n) is 5.97. The molecule has 0 atom stereocenters. The van der Waals surface area contributed by atoms with Crippen LogP contribution >= 0.6 is 0 Å². The van der Waals surface area contributed by atoms with E-state index >= 15 is 0 Å². The summed E-state index contributed by atoms with van der Waals surface area (Å²) in [6, 6.07) is 8.99. The van der Waals surface area contributed by atoms with Crippen molar-refractivity contribution in [2.24, 2.45) is 5.92 Å². The number of anilines is 1. The quantitative estimate of drug-likeness (QED) is 0.775. The van der Waals surface area contributed by atoms with Gasteiger partial charge in [-0.3, -0.25) is 9.36 Å². The average Bonchev–Trinajstić information content (AvgIpc) is 3.31. The lowest BCUT2D eigenvalue weighted by Crippen LogP contribution is -2.12. The van der Waals surface area contributed by atoms with Gasteiger partial charge in [-0.05, 0) is 44.0 Å². The number of rotatable bonds is 5. The van der Waals surface area contributed by atoms with Crippen LogP contribution in [0.1, 0.15) is 18.7 Å². The molecule has 0 bridgehead atoms. The second-order valence-corrected chi connectivity index (χ2v) is 5.97. The fourth-order valence-electron chi connectivity index (χ4n) is 2.42. The van der Waals surface area contributed by atoms with E-state index in [9.17, 15) is 4.79 Å². The van der Waals surface area contributed by atoms with E-state index in [4.69, 9.17) is 4.74 Å². The maximum Gasteiger partial charge on any atom is 0.227 e. The van der Waals surface area contributed by atoms with Crippen LogP contribution in [0.2, 0.25) is 0 Å². The number of carbonyl (C=O) groups excluding carboxylic acids is 1. The number of aryl methyl sites for hydroxylation is 1. The first kappa shape index (κ1) is 15.3. The van der Waals surface area contributed by atoms with Gasteiger partial charge in [-0.15, -0.1) is 0 Å². The summed E-state index contributed by atoms with van der Waals surface area (Å²) in [6.45, 7) is 1.81. The summed E-state index contributed by atoms with van der Waals surface area (Å²) >= 11 is 0. The maximum absolute atomic E-state index is 11.8. The predicted molar refractivity (Wildman–Crippen MR) is 91.8 cm³/mol. The molecule has 1 aliphatic carbocycles. The summed E-state index contributed by atoms with van der Waals surface area (Å²) < 4.78 is 7.61. The minimum Gasteiger partial charge on any atom is -0.439 e. The summed E-state index contributed by atoms with van der Waals surface area (Å²) in [5.41, 5.74) is 0.766. The third-order valence-electron chi connectivity index (χ3n) is 3.86. The summed E-state index contributed by atoms with van der Waals surface area (Å²) in [5.74, 6) is 2.65. The van der Waals surface area contributed by atoms with Crippen LogP contribution < -0.4 is 10.1 Å². The third kappa shape index (κ3) is 3.65. The highest BCUT2D eigenvalue weighted by atomic mass is 16.5. The number of hydrogen-bond acceptors (Lipinski definition) is 5. The molecule has 0 unspecified atom stereocenters. The van der Waals surface area contributed by atoms with Crippen molar-refractivity contribution in [2.45, 2.75) is 19.8 Å². The van der Waals surface area contributed by atoms with Crippen LogP contribution in [0, 0.1) is 12.8 Å². The number of aromatic nitrogens is 4. The van der Waals surface area contributed by atoms with Gasteiger partial charge >= 0.3 is 0 Å². The standard InChI is InChI=1S/C18H17N5O2/c1-12-20-16(23-9-8-19-11-23)10-17(21-12)25-15-6-4-14(5-7-15)22-18(24)13-2-3-13/h4-11,13H,2-3H2,1H3,(H,22,24). The van der Waals surface area contributed by atoms with E-state index in [1.807, 2.05) is 25.3 Å². The molecule has 7 nitrogen and oxygen atoms in total. The maximum atomic E-state index is 11.8. The first-order valence-corrected chi connectivity index (χ1v) is 8.10. The van der Waals surface area contributed by atoms with Crippen LogP contribution in [0.3, 0.4) is 0 Å². The van der Waals surface area contributed by atoms with Crippen molar-refractivity contribution >= 4 is 11.6 Å². The molecule has 1 N–H and O–H groups in total. The molecule has 25 heavy (non-hydrogen) atoms. The summed E-state index contributed by atoms with van der Waals surface area (Å²) in [6.07, 6.45) is 7.14. The van der Waals surface area contributed by atoms with Gasteiger partial charge in [0.1, 0.15) is 23.7 Å². The smallest absolute Gasteiger partial charge is 0.227 e. The van der Waals surface area contributed by atoms with Gasteiger partial charge in [-0.2, -0.15) is 4.98 Å². The van der Waals surface area contributed by atoms with Crippen molar-refractivity contribution in [1.29, 1.82) is 0 Å². The molecule has 126 valence electrons. The zero-order valence-corrected chi connectivity index (χ0v) is 13.7. The molecule has 2 heterocycles. The van der Waals surface area contributed by atoms with E-state index in [1.54, 1.807) is 35.3 Å². The van der Waals surface area contributed by atoms with Gasteiger partial charge in [-0.1, -0.05) is 0 Å². The molecule has 2 aromatic heterocycles. The Morgan fingerprint density at radius 3 is 2.72 bits per heavy atom. The molecule has 1 aromatic carbocycles. The van der Waals surface area contributed by atoms with Gasteiger partial charge in [-0.25, -0.2) is 9.97 Å². The Morgan fingerprint density at radius 1 is 1.24 bits per heavy atom. The normalized spacial score (nSPS) is 13.5. The number of hydrogen-bond donors (Lipinski definition) is 1. The van der Waals surface area contributed by atoms with E-state index in [0.29, 0.717) is 23.3 Å². The molecule has 1 saturated carbocycles. The molecule has 7 heteroatoms. The Labute approximate surface area is 144 Å². The largest absolute Gasteiger partial charge is 0.439 e. The number of ether oxygens (including phenoxy) is 1. The van der Waals surface area contributed by atoms with E-state index in [-0.39, 0.29) is 11.8 Å². The Morgan fingerprint density at radius 2 is 2.04 bits per heavy atom. The molecule has 0 radical (unpaired) electrons. The van der Waals surface area contributed by atoms with Crippen molar-refractivity contribution in [2.75, 3.05) is 5.32 Å². The van der Waals surface area contributed by atoms with Crippen LogP contribution in [0.25, 0.3) is 5.82 Å². The lowest BCUT2D eigenvalue weighted by molar-refractivity contribution is -0.117. The van der Waals surface area contributed by atoms with Gasteiger partial charge in [0.2, 0.25) is 11.8 Å². The zero-order valence-electron chi connectivity index (χ0n) is 13.7. The molecule has 0 aliphatic heterocycles. The predicted octanol–water partition coefficient (Wildman–Crippen LogP) is 3.11. The fourth-order valence-corrected chi connectivity index (χ4v) is 2.42. The summed E-state index contributed by atoms with van der Waals surface area (Å²) in [5, 5.41) is 2.90. The number of amides is 1. The van der Waals surface area contributed by atoms with E-state index in [2.05, 4.69) is 20.3 Å². The third-order valence-corrected chi connectivity index (χ3v) is 3.86. The minimum absolute atomic E-state index is 0.0880. The topological polar surface area (TPSA) is 81.9 Å². The van der Waals surface area contributed by atoms with Gasteiger partial charge in [0.05, 0.1) is 0 Å². The first-order chi connectivity index (χ1) is 12.2. The molecule has 1 aliphatic rings. The molecule has 0 spiro atoms. The van der Waals surface area contributed by atoms with E-state index < -0.39 is 0 Å². The lowest BCUT2D eigenvalue weighted by atomic mass is 10.3. The van der Waals surface area contributed by atoms with E-state index in [1.165, 1.54) is 0 Å². The highest BCUT2D eigenvalue weighted by Crippen LogP contribution is 2.30. The SMILES string of the molecule is Cc1nc(Oc2ccc(NC(=O)C3CC3)cc2)cc(-n2ccnc2)n1. The van der Waals surface area contributed by atoms with Gasteiger partial charge < -0.3 is 10.1 Å². The lowest BCUT2D eigenvalue weighted by Gasteiger charge is -2.09. The Balaban J connectivity index is 1.49. The first-order valence-electron chi connectivity index (χ1n) is 8.10. The van der Waals surface area contributed by atoms with Crippen LogP contribution in [0.5, 0.6) is 11.6 Å². The molecule has 3 aromatic rings. The van der Waals surface area contributed by atoms with Crippen LogP contribution in [-0.4, -0.2) is 25.4 Å². The summed E-state index contributed by atoms with van der Waals surface area (Å²) in [4.78, 5) is 24.5. The molecule has 4 rings (SSSR count). The van der Waals surface area contributed by atoms with Crippen molar-refractivity contribution in [1.82, 2.24) is 19.5 Å². The van der Waals surface area contributed by atoms with Crippen molar-refractivity contribution in [3.05, 3.63) is 54.9 Å². The van der Waals surface area contributed by atoms with Gasteiger partial charge in [0, 0.05) is 30.1 Å². The highest BCUT2D eigenvalue weighted by molar-refractivity contribution is 5.94. The van der Waals surface area contributed by atoms with Crippen LogP contribution in [0.15, 0.2) is 49.1 Å². The van der Waals surface area contributed by atoms with Crippen molar-refractivity contribution < 1.29 is 9.53 Å². The van der Waals surface area contributed by atoms with Crippen LogP contribution in [0.4, 0.5) is 5.69 Å². The molecule has 0 saturated heterocycles. The molecule has 1 amide bonds. The number of nitrogens with zero attached hydrogens (tertiary/aromatic N) is 4. The average molecular weight is 335 g/mol. The molecular formula is C18H17N5O2. The highest BCUT2D eigenvalue weighted by Gasteiger charge is 2.29. The second kappa shape index (κ2) is 6.35. The van der Waals surface area contributed by atoms with Crippen molar-refractivity contribution in [3.63, 3.8) is 0 Å². The van der Waals surface area contributed by atoms with Gasteiger partial charge in [0.25, 0.3) is 0 Å². The minimum atomic E-state index is 0.0880. The number of carbonyl (C=O) groups is 1.